The van der Waals surface area contributed by atoms with Crippen molar-refractivity contribution in [2.75, 3.05) is 12.8 Å². The molecule has 3 aromatic rings. The summed E-state index contributed by atoms with van der Waals surface area (Å²) in [6, 6.07) is 10.8. The number of aromatic nitrogens is 4. The second-order valence-corrected chi connectivity index (χ2v) is 7.85. The zero-order valence-corrected chi connectivity index (χ0v) is 20.1. The number of aliphatic carboxylic acids is 1. The number of amides is 2. The SMILES string of the molecule is CCNC(=O)c1ccc(-n2nnc(C(=O)NCc3cccnc3)c2CSC)cc1.O=C(O)C(F)(F)F. The number of carboxylic acid groups (broad SMARTS) is 1. The maximum absolute atomic E-state index is 12.7. The fourth-order valence-corrected chi connectivity index (χ4v) is 3.27. The minimum absolute atomic E-state index is 0.127. The maximum Gasteiger partial charge on any atom is 0.490 e. The molecule has 2 amide bonds. The molecule has 2 heterocycles. The first-order valence-electron chi connectivity index (χ1n) is 10.4. The van der Waals surface area contributed by atoms with Crippen molar-refractivity contribution in [3.63, 3.8) is 0 Å². The first-order chi connectivity index (χ1) is 17.1. The van der Waals surface area contributed by atoms with Gasteiger partial charge in [0.25, 0.3) is 11.8 Å². The van der Waals surface area contributed by atoms with Crippen LogP contribution in [0.2, 0.25) is 0 Å². The summed E-state index contributed by atoms with van der Waals surface area (Å²) >= 11 is 1.57. The van der Waals surface area contributed by atoms with Crippen molar-refractivity contribution in [3.05, 3.63) is 71.3 Å². The van der Waals surface area contributed by atoms with E-state index in [0.717, 1.165) is 11.3 Å². The number of alkyl halides is 3. The van der Waals surface area contributed by atoms with Crippen LogP contribution in [0.1, 0.15) is 39.0 Å². The van der Waals surface area contributed by atoms with Crippen LogP contribution in [0.15, 0.2) is 48.8 Å². The zero-order chi connectivity index (χ0) is 26.7. The van der Waals surface area contributed by atoms with Gasteiger partial charge in [0, 0.05) is 36.8 Å². The van der Waals surface area contributed by atoms with Crippen LogP contribution in [-0.2, 0) is 17.1 Å². The van der Waals surface area contributed by atoms with E-state index in [4.69, 9.17) is 9.90 Å². The molecule has 0 saturated carbocycles. The lowest BCUT2D eigenvalue weighted by Crippen LogP contribution is -2.24. The molecule has 0 aliphatic rings. The van der Waals surface area contributed by atoms with Gasteiger partial charge in [0.1, 0.15) is 0 Å². The van der Waals surface area contributed by atoms with E-state index in [0.29, 0.717) is 30.1 Å². The van der Waals surface area contributed by atoms with Crippen LogP contribution in [0.4, 0.5) is 13.2 Å². The highest BCUT2D eigenvalue weighted by Crippen LogP contribution is 2.18. The molecule has 0 aliphatic heterocycles. The van der Waals surface area contributed by atoms with Gasteiger partial charge in [-0.2, -0.15) is 24.9 Å². The average Bonchev–Trinajstić information content (AvgIpc) is 3.27. The summed E-state index contributed by atoms with van der Waals surface area (Å²) < 4.78 is 33.4. The van der Waals surface area contributed by atoms with Gasteiger partial charge in [-0.05, 0) is 49.1 Å². The van der Waals surface area contributed by atoms with Gasteiger partial charge in [-0.3, -0.25) is 14.6 Å². The zero-order valence-electron chi connectivity index (χ0n) is 19.2. The minimum atomic E-state index is -5.08. The summed E-state index contributed by atoms with van der Waals surface area (Å²) in [7, 11) is 0. The Hall–Kier alpha value is -3.94. The second kappa shape index (κ2) is 13.2. The molecule has 10 nitrogen and oxygen atoms in total. The van der Waals surface area contributed by atoms with Gasteiger partial charge in [-0.1, -0.05) is 11.3 Å². The molecule has 0 aliphatic carbocycles. The molecule has 0 fully saturated rings. The molecule has 0 atom stereocenters. The van der Waals surface area contributed by atoms with E-state index >= 15 is 0 Å². The van der Waals surface area contributed by atoms with Crippen molar-refractivity contribution in [1.29, 1.82) is 0 Å². The molecule has 192 valence electrons. The van der Waals surface area contributed by atoms with E-state index < -0.39 is 12.1 Å². The minimum Gasteiger partial charge on any atom is -0.475 e. The summed E-state index contributed by atoms with van der Waals surface area (Å²) in [5, 5.41) is 21.0. The number of pyridine rings is 1. The molecule has 3 N–H and O–H groups in total. The molecule has 0 bridgehead atoms. The quantitative estimate of drug-likeness (QED) is 0.409. The van der Waals surface area contributed by atoms with Crippen molar-refractivity contribution in [3.8, 4) is 5.69 Å². The van der Waals surface area contributed by atoms with Crippen molar-refractivity contribution in [1.82, 2.24) is 30.6 Å². The predicted octanol–water partition coefficient (Wildman–Crippen LogP) is 2.84. The second-order valence-electron chi connectivity index (χ2n) is 6.98. The van der Waals surface area contributed by atoms with Gasteiger partial charge in [0.15, 0.2) is 5.69 Å². The number of nitrogens with one attached hydrogen (secondary N) is 2. The van der Waals surface area contributed by atoms with Crippen LogP contribution in [0.5, 0.6) is 0 Å². The van der Waals surface area contributed by atoms with E-state index in [9.17, 15) is 22.8 Å². The third-order valence-corrected chi connectivity index (χ3v) is 4.95. The third-order valence-electron chi connectivity index (χ3n) is 4.39. The van der Waals surface area contributed by atoms with Crippen molar-refractivity contribution < 1.29 is 32.7 Å². The van der Waals surface area contributed by atoms with E-state index in [1.807, 2.05) is 25.3 Å². The Balaban J connectivity index is 0.000000572. The van der Waals surface area contributed by atoms with Crippen LogP contribution in [0.25, 0.3) is 5.69 Å². The topological polar surface area (TPSA) is 139 Å². The van der Waals surface area contributed by atoms with Gasteiger partial charge < -0.3 is 15.7 Å². The lowest BCUT2D eigenvalue weighted by atomic mass is 10.2. The molecular formula is C22H23F3N6O4S. The third kappa shape index (κ3) is 8.08. The van der Waals surface area contributed by atoms with Gasteiger partial charge in [-0.25, -0.2) is 9.48 Å². The first kappa shape index (κ1) is 28.3. The number of halogens is 3. The van der Waals surface area contributed by atoms with Crippen molar-refractivity contribution >= 4 is 29.5 Å². The molecule has 0 unspecified atom stereocenters. The number of nitrogens with zero attached hydrogens (tertiary/aromatic N) is 4. The number of carbonyl (C=O) groups excluding carboxylic acids is 2. The summed E-state index contributed by atoms with van der Waals surface area (Å²) in [4.78, 5) is 37.5. The number of rotatable bonds is 8. The highest BCUT2D eigenvalue weighted by Gasteiger charge is 2.38. The van der Waals surface area contributed by atoms with E-state index in [2.05, 4.69) is 25.9 Å². The number of benzene rings is 1. The fourth-order valence-electron chi connectivity index (χ4n) is 2.74. The Morgan fingerprint density at radius 2 is 1.75 bits per heavy atom. The molecule has 14 heteroatoms. The van der Waals surface area contributed by atoms with Gasteiger partial charge in [0.05, 0.1) is 11.4 Å². The van der Waals surface area contributed by atoms with E-state index in [-0.39, 0.29) is 17.5 Å². The lowest BCUT2D eigenvalue weighted by Gasteiger charge is -2.09. The smallest absolute Gasteiger partial charge is 0.475 e. The molecule has 0 radical (unpaired) electrons. The monoisotopic (exact) mass is 524 g/mol. The number of carbonyl (C=O) groups is 3. The molecule has 36 heavy (non-hydrogen) atoms. The van der Waals surface area contributed by atoms with Gasteiger partial charge >= 0.3 is 12.1 Å². The standard InChI is InChI=1S/C20H22N6O2S.C2HF3O2/c1-3-22-19(27)15-6-8-16(9-7-15)26-17(13-29-2)18(24-25-26)20(28)23-12-14-5-4-10-21-11-14;3-2(4,5)1(6)7/h4-11H,3,12-13H2,1-2H3,(H,22,27)(H,23,28);(H,6,7). The largest absolute Gasteiger partial charge is 0.490 e. The van der Waals surface area contributed by atoms with Crippen molar-refractivity contribution in [2.24, 2.45) is 0 Å². The molecular weight excluding hydrogens is 501 g/mol. The Morgan fingerprint density at radius 3 is 2.28 bits per heavy atom. The Kier molecular flexibility index (Phi) is 10.4. The van der Waals surface area contributed by atoms with Gasteiger partial charge in [-0.15, -0.1) is 5.10 Å². The highest BCUT2D eigenvalue weighted by atomic mass is 32.2. The molecule has 3 rings (SSSR count). The highest BCUT2D eigenvalue weighted by molar-refractivity contribution is 7.97. The number of carboxylic acids is 1. The normalized spacial score (nSPS) is 10.7. The van der Waals surface area contributed by atoms with Crippen LogP contribution >= 0.6 is 11.8 Å². The summed E-state index contributed by atoms with van der Waals surface area (Å²) in [5.41, 5.74) is 3.20. The lowest BCUT2D eigenvalue weighted by molar-refractivity contribution is -0.192. The fraction of sp³-hybridized carbons (Fsp3) is 0.273. The van der Waals surface area contributed by atoms with Crippen LogP contribution in [0, 0.1) is 0 Å². The van der Waals surface area contributed by atoms with Crippen LogP contribution in [0.3, 0.4) is 0 Å². The van der Waals surface area contributed by atoms with E-state index in [1.165, 1.54) is 0 Å². The Morgan fingerprint density at radius 1 is 1.08 bits per heavy atom. The summed E-state index contributed by atoms with van der Waals surface area (Å²) in [6.45, 7) is 2.80. The molecule has 1 aromatic carbocycles. The van der Waals surface area contributed by atoms with E-state index in [1.54, 1.807) is 53.1 Å². The molecule has 0 spiro atoms. The van der Waals surface area contributed by atoms with Crippen LogP contribution < -0.4 is 10.6 Å². The molecule has 2 aromatic heterocycles. The van der Waals surface area contributed by atoms with Crippen LogP contribution in [-0.4, -0.2) is 61.8 Å². The summed E-state index contributed by atoms with van der Waals surface area (Å²) in [6.07, 6.45) is 0.258. The maximum atomic E-state index is 12.7. The number of thioether (sulfide) groups is 1. The van der Waals surface area contributed by atoms with Crippen molar-refractivity contribution in [2.45, 2.75) is 25.4 Å². The number of hydrogen-bond donors (Lipinski definition) is 3. The molecule has 0 saturated heterocycles. The predicted molar refractivity (Wildman–Crippen MR) is 126 cm³/mol. The number of hydrogen-bond acceptors (Lipinski definition) is 7. The Bertz CT molecular complexity index is 1170. The first-order valence-corrected chi connectivity index (χ1v) is 11.8. The van der Waals surface area contributed by atoms with Gasteiger partial charge in [0.2, 0.25) is 0 Å². The average molecular weight is 525 g/mol. The summed E-state index contributed by atoms with van der Waals surface area (Å²) in [5.74, 6) is -2.60. The Labute approximate surface area is 208 Å².